The van der Waals surface area contributed by atoms with Crippen LogP contribution >= 0.6 is 0 Å². The van der Waals surface area contributed by atoms with Gasteiger partial charge in [-0.05, 0) is 17.5 Å². The van der Waals surface area contributed by atoms with E-state index in [4.69, 9.17) is 9.47 Å². The number of rotatable bonds is 5. The summed E-state index contributed by atoms with van der Waals surface area (Å²) in [5.41, 5.74) is 1.12. The SMILES string of the molecule is CC(CC=O)c1ccccc1OC1CCOCC1. The van der Waals surface area contributed by atoms with Crippen molar-refractivity contribution in [3.05, 3.63) is 29.8 Å². The Labute approximate surface area is 108 Å². The Morgan fingerprint density at radius 3 is 2.83 bits per heavy atom. The maximum absolute atomic E-state index is 10.6. The predicted octanol–water partition coefficient (Wildman–Crippen LogP) is 2.94. The lowest BCUT2D eigenvalue weighted by molar-refractivity contribution is -0.108. The molecule has 3 heteroatoms. The van der Waals surface area contributed by atoms with Gasteiger partial charge in [-0.3, -0.25) is 0 Å². The predicted molar refractivity (Wildman–Crippen MR) is 70.0 cm³/mol. The Morgan fingerprint density at radius 2 is 2.11 bits per heavy atom. The third-order valence-corrected chi connectivity index (χ3v) is 3.36. The van der Waals surface area contributed by atoms with Gasteiger partial charge in [0.2, 0.25) is 0 Å². The lowest BCUT2D eigenvalue weighted by Gasteiger charge is -2.25. The molecule has 0 spiro atoms. The van der Waals surface area contributed by atoms with Gasteiger partial charge in [-0.15, -0.1) is 0 Å². The Bertz CT molecular complexity index is 383. The first-order valence-electron chi connectivity index (χ1n) is 6.58. The Balaban J connectivity index is 2.08. The maximum Gasteiger partial charge on any atom is 0.123 e. The van der Waals surface area contributed by atoms with E-state index in [1.165, 1.54) is 0 Å². The van der Waals surface area contributed by atoms with Crippen LogP contribution in [-0.2, 0) is 9.53 Å². The normalized spacial score (nSPS) is 18.3. The molecule has 1 aliphatic heterocycles. The van der Waals surface area contributed by atoms with E-state index >= 15 is 0 Å². The number of aldehydes is 1. The zero-order valence-corrected chi connectivity index (χ0v) is 10.8. The molecule has 18 heavy (non-hydrogen) atoms. The molecule has 1 fully saturated rings. The van der Waals surface area contributed by atoms with Crippen LogP contribution in [0, 0.1) is 0 Å². The molecule has 0 bridgehead atoms. The number of para-hydroxylation sites is 1. The third-order valence-electron chi connectivity index (χ3n) is 3.36. The molecule has 1 unspecified atom stereocenters. The van der Waals surface area contributed by atoms with Crippen molar-refractivity contribution in [1.29, 1.82) is 0 Å². The van der Waals surface area contributed by atoms with E-state index in [9.17, 15) is 4.79 Å². The van der Waals surface area contributed by atoms with Gasteiger partial charge < -0.3 is 14.3 Å². The summed E-state index contributed by atoms with van der Waals surface area (Å²) >= 11 is 0. The Hall–Kier alpha value is -1.35. The first-order chi connectivity index (χ1) is 8.81. The fourth-order valence-electron chi connectivity index (χ4n) is 2.24. The topological polar surface area (TPSA) is 35.5 Å². The van der Waals surface area contributed by atoms with Gasteiger partial charge in [-0.1, -0.05) is 25.1 Å². The average Bonchev–Trinajstić information content (AvgIpc) is 2.41. The monoisotopic (exact) mass is 248 g/mol. The van der Waals surface area contributed by atoms with Crippen molar-refractivity contribution in [2.75, 3.05) is 13.2 Å². The zero-order valence-electron chi connectivity index (χ0n) is 10.8. The minimum Gasteiger partial charge on any atom is -0.490 e. The molecule has 2 rings (SSSR count). The van der Waals surface area contributed by atoms with Gasteiger partial charge in [0.1, 0.15) is 18.1 Å². The summed E-state index contributed by atoms with van der Waals surface area (Å²) in [6, 6.07) is 8.01. The third kappa shape index (κ3) is 3.33. The van der Waals surface area contributed by atoms with E-state index in [2.05, 4.69) is 6.92 Å². The summed E-state index contributed by atoms with van der Waals surface area (Å²) in [6.45, 7) is 3.61. The van der Waals surface area contributed by atoms with Crippen LogP contribution in [-0.4, -0.2) is 25.6 Å². The lowest BCUT2D eigenvalue weighted by atomic mass is 9.97. The Morgan fingerprint density at radius 1 is 1.39 bits per heavy atom. The lowest BCUT2D eigenvalue weighted by Crippen LogP contribution is -2.26. The summed E-state index contributed by atoms with van der Waals surface area (Å²) in [4.78, 5) is 10.6. The fourth-order valence-corrected chi connectivity index (χ4v) is 2.24. The van der Waals surface area contributed by atoms with Crippen LogP contribution in [0.1, 0.15) is 37.7 Å². The standard InChI is InChI=1S/C15H20O3/c1-12(6-9-16)14-4-2-3-5-15(14)18-13-7-10-17-11-8-13/h2-5,9,12-13H,6-8,10-11H2,1H3. The molecule has 0 N–H and O–H groups in total. The van der Waals surface area contributed by atoms with Gasteiger partial charge >= 0.3 is 0 Å². The largest absolute Gasteiger partial charge is 0.490 e. The van der Waals surface area contributed by atoms with Crippen LogP contribution in [0.4, 0.5) is 0 Å². The number of hydrogen-bond donors (Lipinski definition) is 0. The van der Waals surface area contributed by atoms with Gasteiger partial charge in [0.25, 0.3) is 0 Å². The van der Waals surface area contributed by atoms with Crippen molar-refractivity contribution in [2.24, 2.45) is 0 Å². The van der Waals surface area contributed by atoms with Crippen molar-refractivity contribution in [1.82, 2.24) is 0 Å². The number of carbonyl (C=O) groups is 1. The molecule has 1 atom stereocenters. The van der Waals surface area contributed by atoms with E-state index in [1.54, 1.807) is 0 Å². The van der Waals surface area contributed by atoms with E-state index in [0.717, 1.165) is 43.7 Å². The fraction of sp³-hybridized carbons (Fsp3) is 0.533. The second-order valence-corrected chi connectivity index (χ2v) is 4.77. The molecular formula is C15H20O3. The van der Waals surface area contributed by atoms with Gasteiger partial charge in [-0.25, -0.2) is 0 Å². The van der Waals surface area contributed by atoms with E-state index in [-0.39, 0.29) is 12.0 Å². The van der Waals surface area contributed by atoms with Crippen molar-refractivity contribution >= 4 is 6.29 Å². The molecule has 1 aliphatic rings. The minimum absolute atomic E-state index is 0.207. The highest BCUT2D eigenvalue weighted by molar-refractivity contribution is 5.52. The molecule has 1 aromatic carbocycles. The molecule has 0 saturated carbocycles. The van der Waals surface area contributed by atoms with Gasteiger partial charge in [-0.2, -0.15) is 0 Å². The van der Waals surface area contributed by atoms with Crippen LogP contribution in [0.25, 0.3) is 0 Å². The molecule has 98 valence electrons. The van der Waals surface area contributed by atoms with Gasteiger partial charge in [0.15, 0.2) is 0 Å². The van der Waals surface area contributed by atoms with Crippen LogP contribution in [0.3, 0.4) is 0 Å². The molecule has 1 saturated heterocycles. The second-order valence-electron chi connectivity index (χ2n) is 4.77. The van der Waals surface area contributed by atoms with Crippen molar-refractivity contribution in [3.63, 3.8) is 0 Å². The second kappa shape index (κ2) is 6.55. The molecule has 1 aromatic rings. The van der Waals surface area contributed by atoms with Crippen molar-refractivity contribution in [3.8, 4) is 5.75 Å². The summed E-state index contributed by atoms with van der Waals surface area (Å²) in [5.74, 6) is 1.12. The van der Waals surface area contributed by atoms with E-state index < -0.39 is 0 Å². The highest BCUT2D eigenvalue weighted by atomic mass is 16.5. The number of ether oxygens (including phenoxy) is 2. The number of carbonyl (C=O) groups excluding carboxylic acids is 1. The van der Waals surface area contributed by atoms with E-state index in [0.29, 0.717) is 6.42 Å². The first kappa shape index (κ1) is 13.1. The first-order valence-corrected chi connectivity index (χ1v) is 6.58. The average molecular weight is 248 g/mol. The quantitative estimate of drug-likeness (QED) is 0.752. The van der Waals surface area contributed by atoms with Gasteiger partial charge in [0, 0.05) is 19.3 Å². The number of hydrogen-bond acceptors (Lipinski definition) is 3. The van der Waals surface area contributed by atoms with E-state index in [1.807, 2.05) is 24.3 Å². The summed E-state index contributed by atoms with van der Waals surface area (Å²) in [6.07, 6.45) is 3.62. The Kier molecular flexibility index (Phi) is 4.76. The number of benzene rings is 1. The maximum atomic E-state index is 10.6. The molecule has 0 aromatic heterocycles. The van der Waals surface area contributed by atoms with Crippen LogP contribution in [0.15, 0.2) is 24.3 Å². The van der Waals surface area contributed by atoms with Crippen LogP contribution < -0.4 is 4.74 Å². The minimum atomic E-state index is 0.207. The summed E-state index contributed by atoms with van der Waals surface area (Å²) < 4.78 is 11.4. The van der Waals surface area contributed by atoms with Crippen LogP contribution in [0.2, 0.25) is 0 Å². The molecule has 1 heterocycles. The van der Waals surface area contributed by atoms with Crippen molar-refractivity contribution < 1.29 is 14.3 Å². The molecule has 0 amide bonds. The smallest absolute Gasteiger partial charge is 0.123 e. The molecule has 0 radical (unpaired) electrons. The van der Waals surface area contributed by atoms with Crippen molar-refractivity contribution in [2.45, 2.75) is 38.2 Å². The molecule has 0 aliphatic carbocycles. The highest BCUT2D eigenvalue weighted by Gasteiger charge is 2.18. The molecule has 3 nitrogen and oxygen atoms in total. The zero-order chi connectivity index (χ0) is 12.8. The van der Waals surface area contributed by atoms with Crippen LogP contribution in [0.5, 0.6) is 5.75 Å². The summed E-state index contributed by atoms with van der Waals surface area (Å²) in [5, 5.41) is 0. The summed E-state index contributed by atoms with van der Waals surface area (Å²) in [7, 11) is 0. The highest BCUT2D eigenvalue weighted by Crippen LogP contribution is 2.30. The van der Waals surface area contributed by atoms with Gasteiger partial charge in [0.05, 0.1) is 13.2 Å². The molecular weight excluding hydrogens is 228 g/mol.